The van der Waals surface area contributed by atoms with Crippen molar-refractivity contribution >= 4 is 22.6 Å². The highest BCUT2D eigenvalue weighted by Crippen LogP contribution is 2.31. The summed E-state index contributed by atoms with van der Waals surface area (Å²) in [5.74, 6) is 2.19. The average Bonchev–Trinajstić information content (AvgIpc) is 2.87. The van der Waals surface area contributed by atoms with E-state index in [2.05, 4.69) is 32.3 Å². The lowest BCUT2D eigenvalue weighted by atomic mass is 9.95. The molecule has 0 bridgehead atoms. The molecule has 0 spiro atoms. The number of likely N-dealkylation sites (tertiary alicyclic amines) is 1. The van der Waals surface area contributed by atoms with Gasteiger partial charge in [-0.1, -0.05) is 6.07 Å². The first-order chi connectivity index (χ1) is 16.2. The number of hydrogen-bond donors (Lipinski definition) is 1. The van der Waals surface area contributed by atoms with Gasteiger partial charge in [0.05, 0.1) is 18.3 Å². The van der Waals surface area contributed by atoms with Crippen LogP contribution in [-0.4, -0.2) is 60.7 Å². The first-order valence-corrected chi connectivity index (χ1v) is 11.4. The molecule has 2 aromatic heterocycles. The van der Waals surface area contributed by atoms with E-state index in [4.69, 9.17) is 14.2 Å². The molecule has 33 heavy (non-hydrogen) atoms. The summed E-state index contributed by atoms with van der Waals surface area (Å²) in [6.07, 6.45) is 4.32. The summed E-state index contributed by atoms with van der Waals surface area (Å²) in [7, 11) is 1.57. The molecule has 3 aromatic rings. The minimum atomic E-state index is -0.00985. The Morgan fingerprint density at radius 2 is 1.94 bits per heavy atom. The van der Waals surface area contributed by atoms with Gasteiger partial charge in [0.15, 0.2) is 11.5 Å². The van der Waals surface area contributed by atoms with Crippen LogP contribution >= 0.6 is 0 Å². The zero-order chi connectivity index (χ0) is 22.6. The first kappa shape index (κ1) is 21.5. The van der Waals surface area contributed by atoms with Crippen LogP contribution in [0, 0.1) is 5.92 Å². The second kappa shape index (κ2) is 9.62. The zero-order valence-corrected chi connectivity index (χ0v) is 18.8. The number of amides is 1. The second-order valence-corrected chi connectivity index (χ2v) is 8.41. The fourth-order valence-electron chi connectivity index (χ4n) is 4.41. The Labute approximate surface area is 192 Å². The molecule has 1 amide bonds. The first-order valence-electron chi connectivity index (χ1n) is 11.4. The summed E-state index contributed by atoms with van der Waals surface area (Å²) in [5, 5.41) is 3.07. The zero-order valence-electron chi connectivity index (χ0n) is 18.8. The van der Waals surface area contributed by atoms with Gasteiger partial charge in [0.25, 0.3) is 0 Å². The molecule has 1 N–H and O–H groups in total. The van der Waals surface area contributed by atoms with Gasteiger partial charge in [-0.05, 0) is 62.2 Å². The minimum absolute atomic E-state index is 0.00985. The van der Waals surface area contributed by atoms with Gasteiger partial charge in [0, 0.05) is 24.7 Å². The molecule has 2 aliphatic rings. The topological polar surface area (TPSA) is 85.8 Å². The highest BCUT2D eigenvalue weighted by atomic mass is 16.6. The number of carbonyl (C=O) groups is 1. The van der Waals surface area contributed by atoms with Gasteiger partial charge in [-0.3, -0.25) is 9.78 Å². The van der Waals surface area contributed by atoms with Crippen molar-refractivity contribution in [2.75, 3.05) is 45.3 Å². The average molecular weight is 449 g/mol. The van der Waals surface area contributed by atoms with Crippen molar-refractivity contribution in [2.24, 2.45) is 5.92 Å². The number of benzene rings is 1. The van der Waals surface area contributed by atoms with Gasteiger partial charge in [-0.2, -0.15) is 0 Å². The number of hydrogen-bond acceptors (Lipinski definition) is 7. The number of nitrogens with one attached hydrogen (secondary N) is 1. The molecule has 1 saturated heterocycles. The minimum Gasteiger partial charge on any atom is -0.486 e. The van der Waals surface area contributed by atoms with E-state index < -0.39 is 0 Å². The van der Waals surface area contributed by atoms with Crippen LogP contribution in [0.1, 0.15) is 18.4 Å². The Morgan fingerprint density at radius 3 is 2.76 bits per heavy atom. The highest BCUT2D eigenvalue weighted by Gasteiger charge is 2.25. The maximum atomic E-state index is 13.0. The molecule has 0 radical (unpaired) electrons. The number of anilines is 1. The Hall–Kier alpha value is -3.39. The van der Waals surface area contributed by atoms with Gasteiger partial charge in [0.1, 0.15) is 18.7 Å². The monoisotopic (exact) mass is 448 g/mol. The van der Waals surface area contributed by atoms with E-state index in [9.17, 15) is 4.79 Å². The normalized spacial score (nSPS) is 16.5. The van der Waals surface area contributed by atoms with Gasteiger partial charge in [0.2, 0.25) is 11.8 Å². The number of rotatable bonds is 6. The Kier molecular flexibility index (Phi) is 6.26. The van der Waals surface area contributed by atoms with Crippen molar-refractivity contribution in [3.8, 4) is 17.4 Å². The van der Waals surface area contributed by atoms with Crippen LogP contribution in [0.5, 0.6) is 17.4 Å². The predicted molar refractivity (Wildman–Crippen MR) is 125 cm³/mol. The maximum absolute atomic E-state index is 13.0. The van der Waals surface area contributed by atoms with Crippen LogP contribution in [0.3, 0.4) is 0 Å². The number of nitrogens with zero attached hydrogens (tertiary/aromatic N) is 3. The standard InChI is InChI=1S/C25H28N4O4/c1-31-23-5-3-19-24(28-23)20(6-10-26-19)27-25(30)18-8-12-29(13-9-18)11-7-17-2-4-21-22(16-17)33-15-14-32-21/h2-6,10,16,18H,7-9,11-15H2,1H3,(H,26,27,30). The molecule has 172 valence electrons. The molecular formula is C25H28N4O4. The number of ether oxygens (including phenoxy) is 3. The molecule has 8 heteroatoms. The van der Waals surface area contributed by atoms with E-state index in [1.54, 1.807) is 25.4 Å². The number of fused-ring (bicyclic) bond motifs is 2. The third-order valence-electron chi connectivity index (χ3n) is 6.31. The van der Waals surface area contributed by atoms with Crippen molar-refractivity contribution < 1.29 is 19.0 Å². The summed E-state index contributed by atoms with van der Waals surface area (Å²) < 4.78 is 16.5. The summed E-state index contributed by atoms with van der Waals surface area (Å²) in [5.41, 5.74) is 3.28. The molecule has 2 aliphatic heterocycles. The summed E-state index contributed by atoms with van der Waals surface area (Å²) in [6, 6.07) is 11.6. The fourth-order valence-corrected chi connectivity index (χ4v) is 4.41. The molecule has 0 aliphatic carbocycles. The molecule has 1 fully saturated rings. The summed E-state index contributed by atoms with van der Waals surface area (Å²) >= 11 is 0. The molecule has 5 rings (SSSR count). The van der Waals surface area contributed by atoms with E-state index in [0.29, 0.717) is 30.3 Å². The number of piperidine rings is 1. The van der Waals surface area contributed by atoms with Crippen LogP contribution in [-0.2, 0) is 11.2 Å². The van der Waals surface area contributed by atoms with Gasteiger partial charge in [-0.15, -0.1) is 0 Å². The van der Waals surface area contributed by atoms with Crippen LogP contribution in [0.25, 0.3) is 11.0 Å². The molecular weight excluding hydrogens is 420 g/mol. The molecule has 1 aromatic carbocycles. The lowest BCUT2D eigenvalue weighted by molar-refractivity contribution is -0.121. The van der Waals surface area contributed by atoms with Crippen molar-refractivity contribution in [2.45, 2.75) is 19.3 Å². The third kappa shape index (κ3) is 4.85. The number of pyridine rings is 2. The van der Waals surface area contributed by atoms with Gasteiger partial charge >= 0.3 is 0 Å². The Balaban J connectivity index is 1.14. The van der Waals surface area contributed by atoms with E-state index >= 15 is 0 Å². The number of carbonyl (C=O) groups excluding carboxylic acids is 1. The summed E-state index contributed by atoms with van der Waals surface area (Å²) in [4.78, 5) is 24.2. The highest BCUT2D eigenvalue weighted by molar-refractivity contribution is 6.00. The van der Waals surface area contributed by atoms with Crippen LogP contribution in [0.4, 0.5) is 5.69 Å². The smallest absolute Gasteiger partial charge is 0.227 e. The number of methoxy groups -OCH3 is 1. The predicted octanol–water partition coefficient (Wildman–Crippen LogP) is 3.30. The van der Waals surface area contributed by atoms with Gasteiger partial charge < -0.3 is 24.4 Å². The van der Waals surface area contributed by atoms with E-state index in [0.717, 1.165) is 55.9 Å². The van der Waals surface area contributed by atoms with Gasteiger partial charge in [-0.25, -0.2) is 4.98 Å². The third-order valence-corrected chi connectivity index (χ3v) is 6.31. The maximum Gasteiger partial charge on any atom is 0.227 e. The second-order valence-electron chi connectivity index (χ2n) is 8.41. The molecule has 0 saturated carbocycles. The fraction of sp³-hybridized carbons (Fsp3) is 0.400. The summed E-state index contributed by atoms with van der Waals surface area (Å²) in [6.45, 7) is 3.99. The Morgan fingerprint density at radius 1 is 1.12 bits per heavy atom. The van der Waals surface area contributed by atoms with Crippen molar-refractivity contribution in [1.29, 1.82) is 0 Å². The van der Waals surface area contributed by atoms with Crippen molar-refractivity contribution in [3.63, 3.8) is 0 Å². The largest absolute Gasteiger partial charge is 0.486 e. The van der Waals surface area contributed by atoms with Crippen molar-refractivity contribution in [1.82, 2.24) is 14.9 Å². The quantitative estimate of drug-likeness (QED) is 0.619. The number of aromatic nitrogens is 2. The molecule has 0 unspecified atom stereocenters. The van der Waals surface area contributed by atoms with E-state index in [-0.39, 0.29) is 11.8 Å². The SMILES string of the molecule is COc1ccc2nccc(NC(=O)C3CCN(CCc4ccc5c(c4)OCCO5)CC3)c2n1. The van der Waals surface area contributed by atoms with Crippen LogP contribution < -0.4 is 19.5 Å². The van der Waals surface area contributed by atoms with Crippen LogP contribution in [0.2, 0.25) is 0 Å². The molecule has 0 atom stereocenters. The molecule has 4 heterocycles. The lowest BCUT2D eigenvalue weighted by Gasteiger charge is -2.31. The van der Waals surface area contributed by atoms with Crippen molar-refractivity contribution in [3.05, 3.63) is 48.2 Å². The van der Waals surface area contributed by atoms with E-state index in [1.165, 1.54) is 5.56 Å². The van der Waals surface area contributed by atoms with Crippen LogP contribution in [0.15, 0.2) is 42.6 Å². The Bertz CT molecular complexity index is 1140. The van der Waals surface area contributed by atoms with E-state index in [1.807, 2.05) is 12.1 Å². The molecule has 8 nitrogen and oxygen atoms in total. The lowest BCUT2D eigenvalue weighted by Crippen LogP contribution is -2.39.